The molecule has 1 aliphatic rings. The van der Waals surface area contributed by atoms with E-state index in [1.165, 1.54) is 25.0 Å². The summed E-state index contributed by atoms with van der Waals surface area (Å²) in [6.07, 6.45) is 3.32. The summed E-state index contributed by atoms with van der Waals surface area (Å²) in [6, 6.07) is 4.59. The number of carbonyl (C=O) groups is 1. The van der Waals surface area contributed by atoms with E-state index in [0.29, 0.717) is 16.5 Å². The zero-order chi connectivity index (χ0) is 13.1. The van der Waals surface area contributed by atoms with Gasteiger partial charge in [-0.05, 0) is 43.4 Å². The molecule has 1 aromatic rings. The van der Waals surface area contributed by atoms with Gasteiger partial charge < -0.3 is 10.0 Å². The summed E-state index contributed by atoms with van der Waals surface area (Å²) in [4.78, 5) is 14.2. The third kappa shape index (κ3) is 3.16. The van der Waals surface area contributed by atoms with Crippen molar-refractivity contribution in [1.29, 1.82) is 0 Å². The first-order valence-electron chi connectivity index (χ1n) is 6.39. The fourth-order valence-electron chi connectivity index (χ4n) is 2.01. The van der Waals surface area contributed by atoms with Gasteiger partial charge in [-0.1, -0.05) is 18.5 Å². The smallest absolute Gasteiger partial charge is 0.257 e. The summed E-state index contributed by atoms with van der Waals surface area (Å²) < 4.78 is 0. The normalized spacial score (nSPS) is 14.6. The van der Waals surface area contributed by atoms with Crippen LogP contribution in [0.2, 0.25) is 5.02 Å². The third-order valence-corrected chi connectivity index (χ3v) is 3.38. The van der Waals surface area contributed by atoms with Crippen LogP contribution in [0.25, 0.3) is 0 Å². The summed E-state index contributed by atoms with van der Waals surface area (Å²) in [7, 11) is 0. The van der Waals surface area contributed by atoms with Crippen molar-refractivity contribution in [2.24, 2.45) is 5.92 Å². The minimum Gasteiger partial charge on any atom is -0.507 e. The van der Waals surface area contributed by atoms with Gasteiger partial charge >= 0.3 is 0 Å². The topological polar surface area (TPSA) is 40.5 Å². The number of phenols is 1. The maximum atomic E-state index is 12.4. The van der Waals surface area contributed by atoms with Gasteiger partial charge in [0.25, 0.3) is 5.91 Å². The minimum absolute atomic E-state index is 0.00120. The second-order valence-corrected chi connectivity index (χ2v) is 5.29. The molecule has 1 amide bonds. The number of halogens is 1. The molecule has 0 atom stereocenters. The Labute approximate surface area is 112 Å². The molecule has 1 aliphatic carbocycles. The molecule has 0 aliphatic heterocycles. The molecule has 18 heavy (non-hydrogen) atoms. The van der Waals surface area contributed by atoms with Crippen LogP contribution in [-0.4, -0.2) is 29.0 Å². The van der Waals surface area contributed by atoms with Crippen molar-refractivity contribution >= 4 is 17.5 Å². The van der Waals surface area contributed by atoms with Gasteiger partial charge in [0.05, 0.1) is 5.56 Å². The Morgan fingerprint density at radius 2 is 2.22 bits per heavy atom. The molecule has 1 saturated carbocycles. The zero-order valence-corrected chi connectivity index (χ0v) is 11.3. The summed E-state index contributed by atoms with van der Waals surface area (Å²) in [5.41, 5.74) is 0.302. The van der Waals surface area contributed by atoms with Crippen LogP contribution >= 0.6 is 11.6 Å². The van der Waals surface area contributed by atoms with Crippen LogP contribution in [0.1, 0.15) is 36.5 Å². The SMILES string of the molecule is CCCN(CC1CC1)C(=O)c1cc(Cl)ccc1O. The van der Waals surface area contributed by atoms with Crippen LogP contribution in [-0.2, 0) is 0 Å². The summed E-state index contributed by atoms with van der Waals surface area (Å²) in [5.74, 6) is 0.520. The lowest BCUT2D eigenvalue weighted by atomic mass is 10.1. The van der Waals surface area contributed by atoms with Gasteiger partial charge in [-0.3, -0.25) is 4.79 Å². The summed E-state index contributed by atoms with van der Waals surface area (Å²) in [6.45, 7) is 3.56. The largest absolute Gasteiger partial charge is 0.507 e. The summed E-state index contributed by atoms with van der Waals surface area (Å²) in [5, 5.41) is 10.2. The number of phenolic OH excluding ortho intramolecular Hbond substituents is 1. The molecule has 1 fully saturated rings. The molecule has 1 aromatic carbocycles. The number of amides is 1. The van der Waals surface area contributed by atoms with E-state index in [-0.39, 0.29) is 11.7 Å². The van der Waals surface area contributed by atoms with E-state index in [4.69, 9.17) is 11.6 Å². The quantitative estimate of drug-likeness (QED) is 0.889. The summed E-state index contributed by atoms with van der Waals surface area (Å²) >= 11 is 5.88. The first kappa shape index (κ1) is 13.2. The second kappa shape index (κ2) is 5.61. The van der Waals surface area contributed by atoms with Crippen molar-refractivity contribution in [1.82, 2.24) is 4.90 Å². The van der Waals surface area contributed by atoms with Crippen molar-refractivity contribution in [2.45, 2.75) is 26.2 Å². The van der Waals surface area contributed by atoms with Crippen molar-refractivity contribution in [3.05, 3.63) is 28.8 Å². The van der Waals surface area contributed by atoms with Crippen LogP contribution in [0.3, 0.4) is 0 Å². The minimum atomic E-state index is -0.122. The second-order valence-electron chi connectivity index (χ2n) is 4.86. The highest BCUT2D eigenvalue weighted by molar-refractivity contribution is 6.31. The molecule has 2 rings (SSSR count). The maximum Gasteiger partial charge on any atom is 0.257 e. The highest BCUT2D eigenvalue weighted by atomic mass is 35.5. The van der Waals surface area contributed by atoms with Crippen molar-refractivity contribution in [2.75, 3.05) is 13.1 Å². The van der Waals surface area contributed by atoms with Crippen LogP contribution in [0.5, 0.6) is 5.75 Å². The van der Waals surface area contributed by atoms with E-state index in [9.17, 15) is 9.90 Å². The Kier molecular flexibility index (Phi) is 4.12. The number of aromatic hydroxyl groups is 1. The average Bonchev–Trinajstić information content (AvgIpc) is 3.15. The lowest BCUT2D eigenvalue weighted by Gasteiger charge is -2.22. The highest BCUT2D eigenvalue weighted by Crippen LogP contribution is 2.31. The zero-order valence-electron chi connectivity index (χ0n) is 10.5. The maximum absolute atomic E-state index is 12.4. The average molecular weight is 268 g/mol. The molecule has 3 nitrogen and oxygen atoms in total. The molecule has 0 saturated heterocycles. The van der Waals surface area contributed by atoms with Gasteiger partial charge in [-0.15, -0.1) is 0 Å². The van der Waals surface area contributed by atoms with Crippen LogP contribution < -0.4 is 0 Å². The van der Waals surface area contributed by atoms with Crippen LogP contribution in [0.15, 0.2) is 18.2 Å². The fourth-order valence-corrected chi connectivity index (χ4v) is 2.18. The predicted octanol–water partition coefficient (Wildman–Crippen LogP) is 3.31. The van der Waals surface area contributed by atoms with E-state index < -0.39 is 0 Å². The van der Waals surface area contributed by atoms with Crippen molar-refractivity contribution in [3.8, 4) is 5.75 Å². The van der Waals surface area contributed by atoms with Gasteiger partial charge in [-0.25, -0.2) is 0 Å². The van der Waals surface area contributed by atoms with E-state index >= 15 is 0 Å². The molecule has 4 heteroatoms. The Bertz CT molecular complexity index is 443. The van der Waals surface area contributed by atoms with Crippen LogP contribution in [0, 0.1) is 5.92 Å². The van der Waals surface area contributed by atoms with Gasteiger partial charge in [-0.2, -0.15) is 0 Å². The molecule has 0 aromatic heterocycles. The molecular formula is C14H18ClNO2. The monoisotopic (exact) mass is 267 g/mol. The van der Waals surface area contributed by atoms with Gasteiger partial charge in [0.15, 0.2) is 0 Å². The molecule has 0 radical (unpaired) electrons. The first-order valence-corrected chi connectivity index (χ1v) is 6.77. The molecule has 1 N–H and O–H groups in total. The fraction of sp³-hybridized carbons (Fsp3) is 0.500. The Morgan fingerprint density at radius 1 is 1.50 bits per heavy atom. The predicted molar refractivity (Wildman–Crippen MR) is 72.0 cm³/mol. The van der Waals surface area contributed by atoms with Gasteiger partial charge in [0.2, 0.25) is 0 Å². The Morgan fingerprint density at radius 3 is 2.83 bits per heavy atom. The van der Waals surface area contributed by atoms with E-state index in [2.05, 4.69) is 0 Å². The van der Waals surface area contributed by atoms with E-state index in [1.807, 2.05) is 11.8 Å². The standard InChI is InChI=1S/C14H18ClNO2/c1-2-7-16(9-10-3-4-10)14(18)12-8-11(15)5-6-13(12)17/h5-6,8,10,17H,2-4,7,9H2,1H3. The van der Waals surface area contributed by atoms with Gasteiger partial charge in [0, 0.05) is 18.1 Å². The Hall–Kier alpha value is -1.22. The lowest BCUT2D eigenvalue weighted by Crippen LogP contribution is -2.33. The molecular weight excluding hydrogens is 250 g/mol. The number of hydrogen-bond acceptors (Lipinski definition) is 2. The van der Waals surface area contributed by atoms with Crippen LogP contribution in [0.4, 0.5) is 0 Å². The lowest BCUT2D eigenvalue weighted by molar-refractivity contribution is 0.0744. The third-order valence-electron chi connectivity index (χ3n) is 3.15. The number of benzene rings is 1. The number of rotatable bonds is 5. The molecule has 0 heterocycles. The highest BCUT2D eigenvalue weighted by Gasteiger charge is 2.27. The van der Waals surface area contributed by atoms with Crippen molar-refractivity contribution in [3.63, 3.8) is 0 Å². The number of hydrogen-bond donors (Lipinski definition) is 1. The Balaban J connectivity index is 2.17. The molecule has 0 bridgehead atoms. The number of nitrogens with zero attached hydrogens (tertiary/aromatic N) is 1. The van der Waals surface area contributed by atoms with E-state index in [0.717, 1.165) is 19.5 Å². The van der Waals surface area contributed by atoms with Gasteiger partial charge in [0.1, 0.15) is 5.75 Å². The number of carbonyl (C=O) groups excluding carboxylic acids is 1. The molecule has 98 valence electrons. The first-order chi connectivity index (χ1) is 8.61. The van der Waals surface area contributed by atoms with E-state index in [1.54, 1.807) is 6.07 Å². The van der Waals surface area contributed by atoms with Crippen molar-refractivity contribution < 1.29 is 9.90 Å². The molecule has 0 unspecified atom stereocenters. The molecule has 0 spiro atoms.